The van der Waals surface area contributed by atoms with Crippen LogP contribution in [0.25, 0.3) is 10.8 Å². The highest BCUT2D eigenvalue weighted by Gasteiger charge is 2.32. The van der Waals surface area contributed by atoms with Gasteiger partial charge in [0, 0.05) is 32.2 Å². The maximum atomic E-state index is 13.2. The van der Waals surface area contributed by atoms with Crippen molar-refractivity contribution in [2.75, 3.05) is 19.8 Å². The number of sulfonamides is 1. The van der Waals surface area contributed by atoms with Gasteiger partial charge in [0.1, 0.15) is 0 Å². The Kier molecular flexibility index (Phi) is 5.14. The van der Waals surface area contributed by atoms with Gasteiger partial charge in [0.2, 0.25) is 10.0 Å². The van der Waals surface area contributed by atoms with E-state index in [4.69, 9.17) is 10.00 Å². The van der Waals surface area contributed by atoms with Crippen LogP contribution in [0.4, 0.5) is 0 Å². The van der Waals surface area contributed by atoms with Crippen LogP contribution in [0.5, 0.6) is 0 Å². The van der Waals surface area contributed by atoms with Crippen molar-refractivity contribution in [2.45, 2.75) is 30.2 Å². The van der Waals surface area contributed by atoms with Crippen molar-refractivity contribution in [1.29, 1.82) is 5.26 Å². The average Bonchev–Trinajstić information content (AvgIpc) is 2.62. The highest BCUT2D eigenvalue weighted by Crippen LogP contribution is 2.26. The summed E-state index contributed by atoms with van der Waals surface area (Å²) in [6.07, 6.45) is 1.51. The molecule has 0 unspecified atom stereocenters. The van der Waals surface area contributed by atoms with E-state index in [1.807, 2.05) is 30.3 Å². The fraction of sp³-hybridized carbons (Fsp3) is 0.389. The van der Waals surface area contributed by atoms with Gasteiger partial charge in [0.15, 0.2) is 0 Å². The first kappa shape index (κ1) is 16.9. The average molecular weight is 344 g/mol. The Morgan fingerprint density at radius 2 is 1.83 bits per heavy atom. The predicted molar refractivity (Wildman–Crippen MR) is 91.9 cm³/mol. The van der Waals surface area contributed by atoms with Crippen molar-refractivity contribution in [1.82, 2.24) is 4.31 Å². The molecule has 0 bridgehead atoms. The second kappa shape index (κ2) is 7.31. The van der Waals surface area contributed by atoms with Gasteiger partial charge < -0.3 is 4.74 Å². The van der Waals surface area contributed by atoms with Crippen LogP contribution < -0.4 is 0 Å². The number of hydrogen-bond donors (Lipinski definition) is 0. The van der Waals surface area contributed by atoms with E-state index < -0.39 is 10.0 Å². The van der Waals surface area contributed by atoms with Crippen molar-refractivity contribution in [3.05, 3.63) is 42.5 Å². The molecule has 1 aliphatic rings. The van der Waals surface area contributed by atoms with E-state index in [1.54, 1.807) is 12.1 Å². The van der Waals surface area contributed by atoms with Crippen molar-refractivity contribution in [2.24, 2.45) is 0 Å². The van der Waals surface area contributed by atoms with Gasteiger partial charge in [-0.2, -0.15) is 9.57 Å². The van der Waals surface area contributed by atoms with Crippen LogP contribution in [0, 0.1) is 11.3 Å². The molecule has 1 saturated heterocycles. The number of benzene rings is 2. The van der Waals surface area contributed by atoms with Crippen LogP contribution in [-0.4, -0.2) is 38.5 Å². The largest absolute Gasteiger partial charge is 0.381 e. The first-order valence-electron chi connectivity index (χ1n) is 8.08. The van der Waals surface area contributed by atoms with Gasteiger partial charge in [-0.3, -0.25) is 0 Å². The molecule has 1 fully saturated rings. The van der Waals surface area contributed by atoms with Gasteiger partial charge in [0.25, 0.3) is 0 Å². The van der Waals surface area contributed by atoms with Crippen LogP contribution in [-0.2, 0) is 14.8 Å². The van der Waals surface area contributed by atoms with Gasteiger partial charge in [-0.1, -0.05) is 30.3 Å². The Morgan fingerprint density at radius 1 is 1.12 bits per heavy atom. The lowest BCUT2D eigenvalue weighted by molar-refractivity contribution is 0.0588. The lowest BCUT2D eigenvalue weighted by atomic mass is 10.1. The third-order valence-corrected chi connectivity index (χ3v) is 6.32. The molecule has 2 aromatic rings. The highest BCUT2D eigenvalue weighted by atomic mass is 32.2. The van der Waals surface area contributed by atoms with E-state index in [0.29, 0.717) is 26.1 Å². The summed E-state index contributed by atoms with van der Waals surface area (Å²) in [5, 5.41) is 10.8. The van der Waals surface area contributed by atoms with Crippen LogP contribution in [0.1, 0.15) is 19.3 Å². The van der Waals surface area contributed by atoms with Gasteiger partial charge in [-0.05, 0) is 35.7 Å². The maximum Gasteiger partial charge on any atom is 0.243 e. The van der Waals surface area contributed by atoms with Gasteiger partial charge in [-0.25, -0.2) is 8.42 Å². The van der Waals surface area contributed by atoms with E-state index in [-0.39, 0.29) is 23.9 Å². The number of hydrogen-bond acceptors (Lipinski definition) is 4. The second-order valence-corrected chi connectivity index (χ2v) is 7.77. The first-order valence-corrected chi connectivity index (χ1v) is 9.52. The van der Waals surface area contributed by atoms with Crippen LogP contribution in [0.2, 0.25) is 0 Å². The summed E-state index contributed by atoms with van der Waals surface area (Å²) in [5.74, 6) is 0. The Balaban J connectivity index is 1.97. The molecule has 0 saturated carbocycles. The molecular weight excluding hydrogens is 324 g/mol. The standard InChI is InChI=1S/C18H20N2O3S/c19-10-3-11-20(17-8-12-23-13-9-17)24(21,22)18-7-6-15-4-1-2-5-16(15)14-18/h1-2,4-7,14,17H,3,8-9,11-13H2. The monoisotopic (exact) mass is 344 g/mol. The molecule has 0 spiro atoms. The maximum absolute atomic E-state index is 13.2. The number of rotatable bonds is 5. The fourth-order valence-corrected chi connectivity index (χ4v) is 4.82. The summed E-state index contributed by atoms with van der Waals surface area (Å²) < 4.78 is 33.1. The first-order chi connectivity index (χ1) is 11.6. The molecule has 24 heavy (non-hydrogen) atoms. The summed E-state index contributed by atoms with van der Waals surface area (Å²) in [6.45, 7) is 1.33. The highest BCUT2D eigenvalue weighted by molar-refractivity contribution is 7.89. The quantitative estimate of drug-likeness (QED) is 0.836. The van der Waals surface area contributed by atoms with E-state index in [0.717, 1.165) is 10.8 Å². The van der Waals surface area contributed by atoms with Gasteiger partial charge >= 0.3 is 0 Å². The lowest BCUT2D eigenvalue weighted by Gasteiger charge is -2.33. The molecule has 3 rings (SSSR count). The Hall–Kier alpha value is -1.94. The van der Waals surface area contributed by atoms with Crippen molar-refractivity contribution in [3.8, 4) is 6.07 Å². The van der Waals surface area contributed by atoms with E-state index in [2.05, 4.69) is 6.07 Å². The third-order valence-electron chi connectivity index (χ3n) is 4.37. The summed E-state index contributed by atoms with van der Waals surface area (Å²) in [4.78, 5) is 0.283. The second-order valence-electron chi connectivity index (χ2n) is 5.88. The molecule has 0 radical (unpaired) electrons. The zero-order valence-corrected chi connectivity index (χ0v) is 14.2. The summed E-state index contributed by atoms with van der Waals surface area (Å²) in [7, 11) is -3.64. The molecule has 0 N–H and O–H groups in total. The molecular formula is C18H20N2O3S. The Bertz CT molecular complexity index is 852. The Morgan fingerprint density at radius 3 is 2.54 bits per heavy atom. The molecule has 6 heteroatoms. The summed E-state index contributed by atoms with van der Waals surface area (Å²) in [5.41, 5.74) is 0. The topological polar surface area (TPSA) is 70.4 Å². The Labute approximate surface area is 142 Å². The zero-order valence-electron chi connectivity index (χ0n) is 13.4. The van der Waals surface area contributed by atoms with Crippen LogP contribution in [0.15, 0.2) is 47.4 Å². The summed E-state index contributed by atoms with van der Waals surface area (Å²) in [6, 6.07) is 14.8. The van der Waals surface area contributed by atoms with Crippen molar-refractivity contribution >= 4 is 20.8 Å². The summed E-state index contributed by atoms with van der Waals surface area (Å²) >= 11 is 0. The molecule has 0 atom stereocenters. The molecule has 126 valence electrons. The molecule has 0 aliphatic carbocycles. The number of nitriles is 1. The van der Waals surface area contributed by atoms with Gasteiger partial charge in [0.05, 0.1) is 11.0 Å². The minimum atomic E-state index is -3.64. The normalized spacial score (nSPS) is 16.3. The molecule has 0 amide bonds. The SMILES string of the molecule is N#CCCN(C1CCOCC1)S(=O)(=O)c1ccc2ccccc2c1. The number of nitrogens with zero attached hydrogens (tertiary/aromatic N) is 2. The lowest BCUT2D eigenvalue weighted by Crippen LogP contribution is -2.43. The van der Waals surface area contributed by atoms with Gasteiger partial charge in [-0.15, -0.1) is 0 Å². The van der Waals surface area contributed by atoms with E-state index in [1.165, 1.54) is 4.31 Å². The van der Waals surface area contributed by atoms with Crippen LogP contribution in [0.3, 0.4) is 0 Å². The predicted octanol–water partition coefficient (Wildman–Crippen LogP) is 2.92. The van der Waals surface area contributed by atoms with Crippen molar-refractivity contribution in [3.63, 3.8) is 0 Å². The van der Waals surface area contributed by atoms with E-state index in [9.17, 15) is 8.42 Å². The molecule has 2 aromatic carbocycles. The minimum absolute atomic E-state index is 0.108. The van der Waals surface area contributed by atoms with Crippen molar-refractivity contribution < 1.29 is 13.2 Å². The minimum Gasteiger partial charge on any atom is -0.381 e. The van der Waals surface area contributed by atoms with E-state index >= 15 is 0 Å². The number of fused-ring (bicyclic) bond motifs is 1. The number of ether oxygens (including phenoxy) is 1. The third kappa shape index (κ3) is 3.44. The molecule has 1 heterocycles. The van der Waals surface area contributed by atoms with Crippen LogP contribution >= 0.6 is 0 Å². The molecule has 5 nitrogen and oxygen atoms in total. The molecule has 1 aliphatic heterocycles. The zero-order chi connectivity index (χ0) is 17.0. The molecule has 0 aromatic heterocycles. The fourth-order valence-electron chi connectivity index (χ4n) is 3.10. The smallest absolute Gasteiger partial charge is 0.243 e.